The molecule has 2 amide bonds. The van der Waals surface area contributed by atoms with Crippen molar-refractivity contribution in [1.82, 2.24) is 19.4 Å². The first-order chi connectivity index (χ1) is 14.5. The molecule has 0 unspecified atom stereocenters. The molecule has 3 rings (SSSR count). The Balaban J connectivity index is 1.41. The van der Waals surface area contributed by atoms with Crippen LogP contribution in [0, 0.1) is 0 Å². The van der Waals surface area contributed by atoms with Crippen molar-refractivity contribution in [2.45, 2.75) is 39.2 Å². The highest BCUT2D eigenvalue weighted by Crippen LogP contribution is 2.09. The van der Waals surface area contributed by atoms with Gasteiger partial charge < -0.3 is 19.5 Å². The molecule has 1 aliphatic rings. The highest BCUT2D eigenvalue weighted by molar-refractivity contribution is 5.77. The van der Waals surface area contributed by atoms with Gasteiger partial charge in [-0.1, -0.05) is 18.6 Å². The molecule has 1 aromatic carbocycles. The first-order valence-corrected chi connectivity index (χ1v) is 10.4. The van der Waals surface area contributed by atoms with E-state index in [4.69, 9.17) is 4.74 Å². The Morgan fingerprint density at radius 3 is 2.43 bits per heavy atom. The highest BCUT2D eigenvalue weighted by Gasteiger charge is 2.24. The van der Waals surface area contributed by atoms with Gasteiger partial charge in [0.25, 0.3) is 5.56 Å². The van der Waals surface area contributed by atoms with Crippen LogP contribution in [0.3, 0.4) is 0 Å². The van der Waals surface area contributed by atoms with Crippen molar-refractivity contribution in [3.8, 4) is 0 Å². The molecule has 1 fully saturated rings. The molecule has 9 nitrogen and oxygen atoms in total. The Bertz CT molecular complexity index is 1000. The number of unbranched alkanes of at least 4 members (excludes halogenated alkanes) is 2. The van der Waals surface area contributed by atoms with Gasteiger partial charge >= 0.3 is 11.8 Å². The van der Waals surface area contributed by atoms with E-state index in [9.17, 15) is 19.2 Å². The van der Waals surface area contributed by atoms with Crippen molar-refractivity contribution in [1.29, 1.82) is 0 Å². The maximum absolute atomic E-state index is 12.5. The van der Waals surface area contributed by atoms with Crippen LogP contribution in [-0.2, 0) is 16.1 Å². The van der Waals surface area contributed by atoms with Crippen molar-refractivity contribution in [3.05, 3.63) is 45.1 Å². The van der Waals surface area contributed by atoms with Crippen LogP contribution >= 0.6 is 0 Å². The van der Waals surface area contributed by atoms with Crippen LogP contribution in [0.4, 0.5) is 4.79 Å². The van der Waals surface area contributed by atoms with Crippen LogP contribution < -0.4 is 11.2 Å². The number of para-hydroxylation sites is 1. The molecule has 0 aliphatic carbocycles. The monoisotopic (exact) mass is 416 g/mol. The third kappa shape index (κ3) is 5.08. The second kappa shape index (κ2) is 10.1. The number of aromatic nitrogens is 2. The first kappa shape index (κ1) is 21.6. The van der Waals surface area contributed by atoms with E-state index in [1.807, 2.05) is 0 Å². The Morgan fingerprint density at radius 1 is 1.00 bits per heavy atom. The first-order valence-electron chi connectivity index (χ1n) is 10.4. The van der Waals surface area contributed by atoms with Gasteiger partial charge in [0.05, 0.1) is 17.5 Å². The summed E-state index contributed by atoms with van der Waals surface area (Å²) in [7, 11) is 0. The zero-order valence-corrected chi connectivity index (χ0v) is 17.3. The van der Waals surface area contributed by atoms with E-state index >= 15 is 0 Å². The smallest absolute Gasteiger partial charge is 0.409 e. The third-order valence-corrected chi connectivity index (χ3v) is 5.32. The Hall–Kier alpha value is -3.10. The van der Waals surface area contributed by atoms with Gasteiger partial charge in [-0.25, -0.2) is 9.59 Å². The fourth-order valence-electron chi connectivity index (χ4n) is 3.64. The van der Waals surface area contributed by atoms with Crippen LogP contribution in [0.2, 0.25) is 0 Å². The number of hydrogen-bond acceptors (Lipinski definition) is 5. The summed E-state index contributed by atoms with van der Waals surface area (Å²) in [5.41, 5.74) is -0.156. The number of carbonyl (C=O) groups is 2. The molecule has 1 saturated heterocycles. The van der Waals surface area contributed by atoms with Crippen LogP contribution in [-0.4, -0.2) is 64.1 Å². The van der Waals surface area contributed by atoms with E-state index in [0.717, 1.165) is 6.42 Å². The van der Waals surface area contributed by atoms with Crippen molar-refractivity contribution in [3.63, 3.8) is 0 Å². The Morgan fingerprint density at radius 2 is 1.70 bits per heavy atom. The fraction of sp³-hybridized carbons (Fsp3) is 0.524. The third-order valence-electron chi connectivity index (χ3n) is 5.32. The number of nitrogens with zero attached hydrogens (tertiary/aromatic N) is 3. The number of carbonyl (C=O) groups excluding carboxylic acids is 2. The Kier molecular flexibility index (Phi) is 7.26. The maximum Gasteiger partial charge on any atom is 0.409 e. The van der Waals surface area contributed by atoms with E-state index in [1.54, 1.807) is 41.0 Å². The fourth-order valence-corrected chi connectivity index (χ4v) is 3.64. The number of benzene rings is 1. The zero-order valence-electron chi connectivity index (χ0n) is 17.3. The van der Waals surface area contributed by atoms with E-state index in [-0.39, 0.29) is 17.6 Å². The molecule has 0 atom stereocenters. The summed E-state index contributed by atoms with van der Waals surface area (Å²) in [5.74, 6) is 0.0687. The summed E-state index contributed by atoms with van der Waals surface area (Å²) >= 11 is 0. The lowest BCUT2D eigenvalue weighted by molar-refractivity contribution is -0.132. The largest absolute Gasteiger partial charge is 0.450 e. The summed E-state index contributed by atoms with van der Waals surface area (Å²) in [4.78, 5) is 54.8. The van der Waals surface area contributed by atoms with Crippen LogP contribution in [0.1, 0.15) is 32.6 Å². The second-order valence-corrected chi connectivity index (χ2v) is 7.31. The number of H-pyrrole nitrogens is 1. The minimum atomic E-state index is -0.408. The standard InChI is InChI=1S/C21H28N4O5/c1-2-30-21(29)24-14-12-23(13-15-24)18(26)10-4-3-7-11-25-19(27)16-8-5-6-9-17(16)22-20(25)28/h5-6,8-9H,2-4,7,10-15H2,1H3,(H,22,28). The Labute approximate surface area is 174 Å². The van der Waals surface area contributed by atoms with Crippen molar-refractivity contribution in [2.75, 3.05) is 32.8 Å². The van der Waals surface area contributed by atoms with Crippen molar-refractivity contribution in [2.24, 2.45) is 0 Å². The van der Waals surface area contributed by atoms with Gasteiger partial charge in [0, 0.05) is 39.1 Å². The maximum atomic E-state index is 12.5. The van der Waals surface area contributed by atoms with Gasteiger partial charge in [-0.05, 0) is 31.9 Å². The molecule has 30 heavy (non-hydrogen) atoms. The molecule has 1 N–H and O–H groups in total. The van der Waals surface area contributed by atoms with E-state index in [2.05, 4.69) is 4.98 Å². The van der Waals surface area contributed by atoms with Gasteiger partial charge in [-0.15, -0.1) is 0 Å². The number of amides is 2. The number of rotatable bonds is 7. The van der Waals surface area contributed by atoms with E-state index in [0.29, 0.717) is 69.5 Å². The summed E-state index contributed by atoms with van der Waals surface area (Å²) < 4.78 is 6.20. The van der Waals surface area contributed by atoms with Crippen molar-refractivity contribution >= 4 is 22.9 Å². The predicted molar refractivity (Wildman–Crippen MR) is 112 cm³/mol. The molecule has 162 valence electrons. The van der Waals surface area contributed by atoms with Crippen LogP contribution in [0.15, 0.2) is 33.9 Å². The molecule has 9 heteroatoms. The van der Waals surface area contributed by atoms with E-state index in [1.165, 1.54) is 4.57 Å². The molecule has 0 spiro atoms. The summed E-state index contributed by atoms with van der Waals surface area (Å²) in [6, 6.07) is 6.95. The lowest BCUT2D eigenvalue weighted by Crippen LogP contribution is -2.50. The molecule has 2 aromatic rings. The lowest BCUT2D eigenvalue weighted by atomic mass is 10.1. The van der Waals surface area contributed by atoms with Crippen LogP contribution in [0.5, 0.6) is 0 Å². The van der Waals surface area contributed by atoms with Gasteiger partial charge in [0.15, 0.2) is 0 Å². The minimum Gasteiger partial charge on any atom is -0.450 e. The number of hydrogen-bond donors (Lipinski definition) is 1. The molecule has 1 aliphatic heterocycles. The minimum absolute atomic E-state index is 0.0687. The molecule has 0 radical (unpaired) electrons. The summed E-state index contributed by atoms with van der Waals surface area (Å²) in [6.07, 6.45) is 2.17. The van der Waals surface area contributed by atoms with Gasteiger partial charge in [-0.3, -0.25) is 14.2 Å². The molecule has 1 aromatic heterocycles. The van der Waals surface area contributed by atoms with Crippen molar-refractivity contribution < 1.29 is 14.3 Å². The number of nitrogens with one attached hydrogen (secondary N) is 1. The highest BCUT2D eigenvalue weighted by atomic mass is 16.6. The molecular formula is C21H28N4O5. The predicted octanol–water partition coefficient (Wildman–Crippen LogP) is 1.55. The average molecular weight is 416 g/mol. The molecule has 2 heterocycles. The number of piperazine rings is 1. The van der Waals surface area contributed by atoms with Gasteiger partial charge in [0.2, 0.25) is 5.91 Å². The van der Waals surface area contributed by atoms with E-state index < -0.39 is 5.69 Å². The second-order valence-electron chi connectivity index (χ2n) is 7.31. The average Bonchev–Trinajstić information content (AvgIpc) is 2.75. The van der Waals surface area contributed by atoms with Crippen LogP contribution in [0.25, 0.3) is 10.9 Å². The summed E-state index contributed by atoms with van der Waals surface area (Å²) in [5, 5.41) is 0.495. The SMILES string of the molecule is CCOC(=O)N1CCN(C(=O)CCCCCn2c(=O)[nH]c3ccccc3c2=O)CC1. The molecule has 0 saturated carbocycles. The van der Waals surface area contributed by atoms with Gasteiger partial charge in [-0.2, -0.15) is 0 Å². The topological polar surface area (TPSA) is 105 Å². The summed E-state index contributed by atoms with van der Waals surface area (Å²) in [6.45, 7) is 4.43. The number of fused-ring (bicyclic) bond motifs is 1. The normalized spacial score (nSPS) is 14.2. The lowest BCUT2D eigenvalue weighted by Gasteiger charge is -2.34. The molecular weight excluding hydrogens is 388 g/mol. The molecule has 0 bridgehead atoms. The van der Waals surface area contributed by atoms with Gasteiger partial charge in [0.1, 0.15) is 0 Å². The quantitative estimate of drug-likeness (QED) is 0.690. The number of aromatic amines is 1. The number of ether oxygens (including phenoxy) is 1. The zero-order chi connectivity index (χ0) is 21.5.